The zero-order chi connectivity index (χ0) is 11.6. The van der Waals surface area contributed by atoms with Crippen molar-refractivity contribution in [3.8, 4) is 5.75 Å². The molecule has 86 valence electrons. The monoisotopic (exact) mass is 217 g/mol. The molecule has 1 unspecified atom stereocenters. The largest absolute Gasteiger partial charge is 0.508 e. The third-order valence-electron chi connectivity index (χ3n) is 3.54. The van der Waals surface area contributed by atoms with Gasteiger partial charge in [0.2, 0.25) is 0 Å². The van der Waals surface area contributed by atoms with Crippen LogP contribution in [-0.4, -0.2) is 30.1 Å². The normalized spacial score (nSPS) is 25.8. The molecule has 2 heteroatoms. The van der Waals surface area contributed by atoms with E-state index in [4.69, 9.17) is 0 Å². The summed E-state index contributed by atoms with van der Waals surface area (Å²) in [6.07, 6.45) is 4.10. The lowest BCUT2D eigenvalue weighted by Gasteiger charge is -2.28. The molecule has 1 aliphatic heterocycles. The number of nitrogens with zero attached hydrogens (tertiary/aromatic N) is 1. The molecule has 1 aliphatic rings. The minimum Gasteiger partial charge on any atom is -0.508 e. The first-order chi connectivity index (χ1) is 7.66. The Balaban J connectivity index is 2.36. The molecular formula is C14H19NO. The molecular weight excluding hydrogens is 198 g/mol. The second kappa shape index (κ2) is 4.30. The van der Waals surface area contributed by atoms with Crippen LogP contribution in [0.2, 0.25) is 0 Å². The van der Waals surface area contributed by atoms with E-state index in [1.165, 1.54) is 5.56 Å². The van der Waals surface area contributed by atoms with Crippen molar-refractivity contribution >= 4 is 0 Å². The Bertz CT molecular complexity index is 388. The second-order valence-corrected chi connectivity index (χ2v) is 4.81. The zero-order valence-electron chi connectivity index (χ0n) is 9.82. The van der Waals surface area contributed by atoms with E-state index < -0.39 is 0 Å². The highest BCUT2D eigenvalue weighted by atomic mass is 16.3. The van der Waals surface area contributed by atoms with Crippen LogP contribution >= 0.6 is 0 Å². The molecule has 1 N–H and O–H groups in total. The summed E-state index contributed by atoms with van der Waals surface area (Å²) in [5.41, 5.74) is 1.38. The number of aromatic hydroxyl groups is 1. The maximum Gasteiger partial charge on any atom is 0.115 e. The van der Waals surface area contributed by atoms with Crippen molar-refractivity contribution in [2.45, 2.75) is 18.3 Å². The highest BCUT2D eigenvalue weighted by Crippen LogP contribution is 2.38. The molecule has 0 amide bonds. The van der Waals surface area contributed by atoms with Crippen molar-refractivity contribution in [2.24, 2.45) is 0 Å². The SMILES string of the molecule is C=CCC1(c2cccc(O)c2)CCN(C)C1. The molecule has 16 heavy (non-hydrogen) atoms. The summed E-state index contributed by atoms with van der Waals surface area (Å²) in [6.45, 7) is 6.02. The highest BCUT2D eigenvalue weighted by Gasteiger charge is 2.37. The second-order valence-electron chi connectivity index (χ2n) is 4.81. The van der Waals surface area contributed by atoms with Gasteiger partial charge in [0.25, 0.3) is 0 Å². The van der Waals surface area contributed by atoms with Gasteiger partial charge >= 0.3 is 0 Å². The average molecular weight is 217 g/mol. The number of likely N-dealkylation sites (N-methyl/N-ethyl adjacent to an activating group) is 1. The summed E-state index contributed by atoms with van der Waals surface area (Å²) in [5.74, 6) is 0.357. The van der Waals surface area contributed by atoms with E-state index in [-0.39, 0.29) is 5.41 Å². The molecule has 0 radical (unpaired) electrons. The van der Waals surface area contributed by atoms with Crippen LogP contribution in [0.5, 0.6) is 5.75 Å². The van der Waals surface area contributed by atoms with Gasteiger partial charge in [-0.2, -0.15) is 0 Å². The molecule has 1 saturated heterocycles. The van der Waals surface area contributed by atoms with Crippen molar-refractivity contribution in [2.75, 3.05) is 20.1 Å². The molecule has 0 spiro atoms. The maximum atomic E-state index is 9.58. The Labute approximate surface area is 97.2 Å². The van der Waals surface area contributed by atoms with Gasteiger partial charge in [0, 0.05) is 12.0 Å². The van der Waals surface area contributed by atoms with Gasteiger partial charge in [0.15, 0.2) is 0 Å². The van der Waals surface area contributed by atoms with Crippen molar-refractivity contribution in [3.63, 3.8) is 0 Å². The summed E-state index contributed by atoms with van der Waals surface area (Å²) in [4.78, 5) is 2.34. The average Bonchev–Trinajstić information content (AvgIpc) is 2.62. The van der Waals surface area contributed by atoms with Crippen molar-refractivity contribution in [1.29, 1.82) is 0 Å². The molecule has 1 aromatic rings. The Hall–Kier alpha value is -1.28. The third-order valence-corrected chi connectivity index (χ3v) is 3.54. The summed E-state index contributed by atoms with van der Waals surface area (Å²) in [5, 5.41) is 9.58. The Morgan fingerprint density at radius 1 is 1.56 bits per heavy atom. The van der Waals surface area contributed by atoms with Gasteiger partial charge in [-0.15, -0.1) is 6.58 Å². The maximum absolute atomic E-state index is 9.58. The Morgan fingerprint density at radius 2 is 2.38 bits per heavy atom. The number of rotatable bonds is 3. The number of hydrogen-bond donors (Lipinski definition) is 1. The van der Waals surface area contributed by atoms with E-state index in [2.05, 4.69) is 24.6 Å². The number of phenols is 1. The van der Waals surface area contributed by atoms with E-state index in [1.54, 1.807) is 6.07 Å². The molecule has 0 aromatic heterocycles. The minimum absolute atomic E-state index is 0.148. The first kappa shape index (κ1) is 11.2. The fourth-order valence-electron chi connectivity index (χ4n) is 2.71. The molecule has 2 rings (SSSR count). The summed E-state index contributed by atoms with van der Waals surface area (Å²) >= 11 is 0. The van der Waals surface area contributed by atoms with Gasteiger partial charge in [0.05, 0.1) is 0 Å². The topological polar surface area (TPSA) is 23.5 Å². The van der Waals surface area contributed by atoms with Gasteiger partial charge in [-0.05, 0) is 44.1 Å². The number of allylic oxidation sites excluding steroid dienone is 1. The number of hydrogen-bond acceptors (Lipinski definition) is 2. The van der Waals surface area contributed by atoms with Gasteiger partial charge in [-0.25, -0.2) is 0 Å². The summed E-state index contributed by atoms with van der Waals surface area (Å²) in [7, 11) is 2.15. The third kappa shape index (κ3) is 1.98. The molecule has 2 nitrogen and oxygen atoms in total. The van der Waals surface area contributed by atoms with Crippen LogP contribution in [0, 0.1) is 0 Å². The quantitative estimate of drug-likeness (QED) is 0.786. The van der Waals surface area contributed by atoms with Crippen LogP contribution in [0.25, 0.3) is 0 Å². The predicted molar refractivity (Wildman–Crippen MR) is 66.7 cm³/mol. The van der Waals surface area contributed by atoms with Gasteiger partial charge in [0.1, 0.15) is 5.75 Å². The van der Waals surface area contributed by atoms with Gasteiger partial charge in [-0.1, -0.05) is 18.2 Å². The van der Waals surface area contributed by atoms with Crippen LogP contribution in [0.15, 0.2) is 36.9 Å². The van der Waals surface area contributed by atoms with Gasteiger partial charge in [-0.3, -0.25) is 0 Å². The molecule has 0 aliphatic carbocycles. The molecule has 1 aromatic carbocycles. The first-order valence-corrected chi connectivity index (χ1v) is 5.75. The van der Waals surface area contributed by atoms with Crippen molar-refractivity contribution in [3.05, 3.63) is 42.5 Å². The fraction of sp³-hybridized carbons (Fsp3) is 0.429. The molecule has 0 bridgehead atoms. The van der Waals surface area contributed by atoms with E-state index in [0.717, 1.165) is 25.9 Å². The van der Waals surface area contributed by atoms with Crippen LogP contribution in [0.3, 0.4) is 0 Å². The zero-order valence-corrected chi connectivity index (χ0v) is 9.82. The molecule has 1 heterocycles. The smallest absolute Gasteiger partial charge is 0.115 e. The minimum atomic E-state index is 0.148. The van der Waals surface area contributed by atoms with Crippen molar-refractivity contribution in [1.82, 2.24) is 4.90 Å². The lowest BCUT2D eigenvalue weighted by atomic mass is 9.77. The summed E-state index contributed by atoms with van der Waals surface area (Å²) in [6, 6.07) is 7.66. The fourth-order valence-corrected chi connectivity index (χ4v) is 2.71. The Kier molecular flexibility index (Phi) is 3.01. The van der Waals surface area contributed by atoms with E-state index in [1.807, 2.05) is 18.2 Å². The van der Waals surface area contributed by atoms with Crippen LogP contribution in [0.4, 0.5) is 0 Å². The molecule has 1 atom stereocenters. The Morgan fingerprint density at radius 3 is 2.94 bits per heavy atom. The predicted octanol–water partition coefficient (Wildman–Crippen LogP) is 2.54. The highest BCUT2D eigenvalue weighted by molar-refractivity contribution is 5.35. The lowest BCUT2D eigenvalue weighted by Crippen LogP contribution is -2.29. The van der Waals surface area contributed by atoms with Crippen LogP contribution in [0.1, 0.15) is 18.4 Å². The van der Waals surface area contributed by atoms with E-state index in [0.29, 0.717) is 5.75 Å². The lowest BCUT2D eigenvalue weighted by molar-refractivity contribution is 0.367. The van der Waals surface area contributed by atoms with Crippen LogP contribution in [-0.2, 0) is 5.41 Å². The summed E-state index contributed by atoms with van der Waals surface area (Å²) < 4.78 is 0. The standard InChI is InChI=1S/C14H19NO/c1-3-7-14(8-9-15(2)11-14)12-5-4-6-13(16)10-12/h3-6,10,16H,1,7-9,11H2,2H3. The van der Waals surface area contributed by atoms with Gasteiger partial charge < -0.3 is 10.0 Å². The van der Waals surface area contributed by atoms with Crippen molar-refractivity contribution < 1.29 is 5.11 Å². The number of benzene rings is 1. The number of likely N-dealkylation sites (tertiary alicyclic amines) is 1. The van der Waals surface area contributed by atoms with E-state index in [9.17, 15) is 5.11 Å². The molecule has 0 saturated carbocycles. The molecule has 1 fully saturated rings. The number of phenolic OH excluding ortho intramolecular Hbond substituents is 1. The first-order valence-electron chi connectivity index (χ1n) is 5.75. The van der Waals surface area contributed by atoms with E-state index >= 15 is 0 Å². The van der Waals surface area contributed by atoms with Crippen LogP contribution < -0.4 is 0 Å².